The molecule has 9 rings (SSSR count). The molecule has 5 heterocycles. The lowest BCUT2D eigenvalue weighted by Gasteiger charge is -2.23. The summed E-state index contributed by atoms with van der Waals surface area (Å²) in [5.74, 6) is -1.61. The molecule has 2 aliphatic heterocycles. The summed E-state index contributed by atoms with van der Waals surface area (Å²) in [6, 6.07) is 18.6. The van der Waals surface area contributed by atoms with Gasteiger partial charge in [0.1, 0.15) is 17.3 Å². The molecule has 2 aliphatic rings. The maximum Gasteiger partial charge on any atom is 0.573 e. The largest absolute Gasteiger partial charge is 0.573 e. The van der Waals surface area contributed by atoms with Crippen molar-refractivity contribution in [1.29, 1.82) is 0 Å². The lowest BCUT2D eigenvalue weighted by atomic mass is 9.96. The van der Waals surface area contributed by atoms with Crippen LogP contribution >= 0.6 is 0 Å². The number of ether oxygens (including phenoxy) is 4. The van der Waals surface area contributed by atoms with E-state index in [0.29, 0.717) is 40.8 Å². The molecule has 0 aliphatic carbocycles. The van der Waals surface area contributed by atoms with Gasteiger partial charge in [-0.3, -0.25) is 4.79 Å². The number of aryl methyl sites for hydroxylation is 5. The number of carbonyl (C=O) groups is 1. The van der Waals surface area contributed by atoms with Crippen LogP contribution in [0, 0.1) is 57.1 Å². The van der Waals surface area contributed by atoms with Crippen LogP contribution < -0.4 is 20.1 Å². The first-order valence-corrected chi connectivity index (χ1v) is 26.4. The molecule has 2 N–H and O–H groups in total. The number of hydrogen-bond donors (Lipinski definition) is 2. The van der Waals surface area contributed by atoms with Crippen molar-refractivity contribution in [2.75, 3.05) is 43.6 Å². The number of amides is 1. The van der Waals surface area contributed by atoms with Crippen molar-refractivity contribution in [3.8, 4) is 33.8 Å². The van der Waals surface area contributed by atoms with Gasteiger partial charge in [-0.2, -0.15) is 0 Å². The molecule has 2 fully saturated rings. The van der Waals surface area contributed by atoms with Crippen molar-refractivity contribution >= 4 is 28.3 Å². The van der Waals surface area contributed by atoms with E-state index in [4.69, 9.17) is 23.5 Å². The number of alkyl halides is 6. The molecule has 4 aromatic carbocycles. The molecule has 2 unspecified atom stereocenters. The second-order valence-electron chi connectivity index (χ2n) is 20.4. The molecule has 0 spiro atoms. The summed E-state index contributed by atoms with van der Waals surface area (Å²) in [5.41, 5.74) is 9.20. The second kappa shape index (κ2) is 25.4. The predicted molar refractivity (Wildman–Crippen MR) is 281 cm³/mol. The van der Waals surface area contributed by atoms with Crippen LogP contribution in [0.25, 0.3) is 33.3 Å². The molecule has 0 saturated carbocycles. The van der Waals surface area contributed by atoms with E-state index < -0.39 is 41.8 Å². The topological polar surface area (TPSA) is 148 Å². The SMILES string of the molecule is Cc1noc(C)c1-c1ccc(NCCC2CCOCC2)c(NC(=O)C(C)Cc2ccc(OC(F)(F)F)c(F)c2)c1.Cc1noc(C)c1-c1ccc2c(c1)nc(C(C)Cc1ccc(OC(F)(F)F)c(F)c1)n2CCC1CCOCC1. The quantitative estimate of drug-likeness (QED) is 0.0791. The van der Waals surface area contributed by atoms with Crippen LogP contribution in [-0.4, -0.2) is 71.5 Å². The zero-order chi connectivity index (χ0) is 56.6. The zero-order valence-corrected chi connectivity index (χ0v) is 44.8. The molecular weight excluding hydrogens is 1040 g/mol. The average molecular weight is 1110 g/mol. The number of rotatable bonds is 18. The molecule has 7 aromatic rings. The van der Waals surface area contributed by atoms with Crippen LogP contribution in [0.4, 0.5) is 46.5 Å². The predicted octanol–water partition coefficient (Wildman–Crippen LogP) is 14.6. The van der Waals surface area contributed by atoms with E-state index in [0.717, 1.165) is 164 Å². The van der Waals surface area contributed by atoms with Crippen molar-refractivity contribution in [1.82, 2.24) is 19.9 Å². The monoisotopic (exact) mass is 1110 g/mol. The van der Waals surface area contributed by atoms with Gasteiger partial charge in [0.15, 0.2) is 23.1 Å². The van der Waals surface area contributed by atoms with E-state index in [1.165, 1.54) is 12.1 Å². The van der Waals surface area contributed by atoms with Crippen LogP contribution in [0.1, 0.15) is 98.1 Å². The highest BCUT2D eigenvalue weighted by Gasteiger charge is 2.34. The van der Waals surface area contributed by atoms with Crippen molar-refractivity contribution < 1.29 is 67.9 Å². The maximum absolute atomic E-state index is 14.4. The average Bonchev–Trinajstić information content (AvgIpc) is 4.29. The Bertz CT molecular complexity index is 3150. The minimum Gasteiger partial charge on any atom is -0.403 e. The van der Waals surface area contributed by atoms with Crippen molar-refractivity contribution in [2.45, 2.75) is 118 Å². The van der Waals surface area contributed by atoms with E-state index >= 15 is 0 Å². The molecule has 79 heavy (non-hydrogen) atoms. The highest BCUT2D eigenvalue weighted by molar-refractivity contribution is 5.97. The van der Waals surface area contributed by atoms with E-state index in [-0.39, 0.29) is 18.2 Å². The van der Waals surface area contributed by atoms with Crippen LogP contribution in [0.2, 0.25) is 0 Å². The van der Waals surface area contributed by atoms with Crippen LogP contribution in [0.5, 0.6) is 11.5 Å². The fourth-order valence-electron chi connectivity index (χ4n) is 10.4. The van der Waals surface area contributed by atoms with Gasteiger partial charge in [-0.05, 0) is 162 Å². The summed E-state index contributed by atoms with van der Waals surface area (Å²) in [4.78, 5) is 18.2. The molecule has 1 amide bonds. The molecule has 2 atom stereocenters. The summed E-state index contributed by atoms with van der Waals surface area (Å²) in [6.07, 6.45) is -3.37. The van der Waals surface area contributed by atoms with E-state index in [1.54, 1.807) is 6.92 Å². The van der Waals surface area contributed by atoms with Crippen molar-refractivity contribution in [2.24, 2.45) is 17.8 Å². The molecule has 0 bridgehead atoms. The lowest BCUT2D eigenvalue weighted by molar-refractivity contribution is -0.276. The fourth-order valence-corrected chi connectivity index (χ4v) is 10.4. The van der Waals surface area contributed by atoms with Crippen molar-refractivity contribution in [3.05, 3.63) is 124 Å². The molecule has 3 aromatic heterocycles. The van der Waals surface area contributed by atoms with Crippen molar-refractivity contribution in [3.63, 3.8) is 0 Å². The van der Waals surface area contributed by atoms with Crippen LogP contribution in [-0.2, 0) is 33.7 Å². The second-order valence-corrected chi connectivity index (χ2v) is 20.4. The maximum atomic E-state index is 14.4. The number of carbonyl (C=O) groups excluding carboxylic acids is 1. The number of nitrogens with one attached hydrogen (secondary N) is 2. The number of fused-ring (bicyclic) bond motifs is 1. The molecule has 21 heteroatoms. The fraction of sp³-hybridized carbons (Fsp3) is 0.448. The number of nitrogens with zero attached hydrogens (tertiary/aromatic N) is 4. The van der Waals surface area contributed by atoms with E-state index in [2.05, 4.69) is 41.1 Å². The Labute approximate surface area is 452 Å². The molecule has 424 valence electrons. The number of halogens is 8. The van der Waals surface area contributed by atoms with Gasteiger partial charge in [-0.15, -0.1) is 26.3 Å². The van der Waals surface area contributed by atoms with Gasteiger partial charge in [-0.25, -0.2) is 13.8 Å². The standard InChI is InChI=1S/C29H33F4N3O4.C29H31F4N3O3/c1-17(14-21-4-7-26(23(30)15-21)39-29(31,32)33)28(37)35-25-16-22(27-18(2)36-40-19(27)3)5-6-24(25)34-11-8-20-9-12-38-13-10-20;1-17(14-21-4-7-26(23(30)15-21)38-29(31,32)33)28-34-24-16-22(27-18(2)35-39-19(27)3)5-6-25(24)36(28)11-8-20-9-12-37-13-10-20/h4-7,15-17,20,34H,8-14H2,1-3H3,(H,35,37);4-7,15-17,20H,8-14H2,1-3H3. The summed E-state index contributed by atoms with van der Waals surface area (Å²) in [7, 11) is 0. The molecule has 2 saturated heterocycles. The lowest BCUT2D eigenvalue weighted by Crippen LogP contribution is -2.23. The molecule has 0 radical (unpaired) electrons. The zero-order valence-electron chi connectivity index (χ0n) is 44.8. The summed E-state index contributed by atoms with van der Waals surface area (Å²) >= 11 is 0. The van der Waals surface area contributed by atoms with Gasteiger partial charge in [-0.1, -0.05) is 48.4 Å². The van der Waals surface area contributed by atoms with Gasteiger partial charge in [0.25, 0.3) is 0 Å². The molecule has 13 nitrogen and oxygen atoms in total. The Morgan fingerprint density at radius 3 is 1.71 bits per heavy atom. The van der Waals surface area contributed by atoms with Gasteiger partial charge in [0.2, 0.25) is 5.91 Å². The van der Waals surface area contributed by atoms with Gasteiger partial charge in [0.05, 0.1) is 33.8 Å². The first-order chi connectivity index (χ1) is 37.6. The van der Waals surface area contributed by atoms with E-state index in [9.17, 15) is 39.9 Å². The summed E-state index contributed by atoms with van der Waals surface area (Å²) < 4.78 is 135. The number of aromatic nitrogens is 4. The van der Waals surface area contributed by atoms with E-state index in [1.807, 2.05) is 65.0 Å². The third-order valence-corrected chi connectivity index (χ3v) is 14.4. The Hall–Kier alpha value is -7.00. The molecular formula is C58H64F8N6O7. The Balaban J connectivity index is 0.000000208. The first-order valence-electron chi connectivity index (χ1n) is 26.4. The van der Waals surface area contributed by atoms with Gasteiger partial charge >= 0.3 is 12.7 Å². The normalized spacial score (nSPS) is 15.4. The van der Waals surface area contributed by atoms with Gasteiger partial charge < -0.3 is 43.2 Å². The Kier molecular flexibility index (Phi) is 18.7. The minimum atomic E-state index is -5.00. The number of anilines is 2. The Morgan fingerprint density at radius 2 is 1.19 bits per heavy atom. The number of hydrogen-bond acceptors (Lipinski definition) is 11. The van der Waals surface area contributed by atoms with Crippen LogP contribution in [0.3, 0.4) is 0 Å². The number of benzene rings is 4. The Morgan fingerprint density at radius 1 is 0.671 bits per heavy atom. The highest BCUT2D eigenvalue weighted by Crippen LogP contribution is 2.37. The van der Waals surface area contributed by atoms with Crippen LogP contribution in [0.15, 0.2) is 81.8 Å². The first kappa shape index (κ1) is 58.2. The summed E-state index contributed by atoms with van der Waals surface area (Å²) in [6.45, 7) is 15.7. The van der Waals surface area contributed by atoms with Gasteiger partial charge in [0, 0.05) is 62.5 Å². The third kappa shape index (κ3) is 15.4. The minimum absolute atomic E-state index is 0.116. The highest BCUT2D eigenvalue weighted by atomic mass is 19.4. The summed E-state index contributed by atoms with van der Waals surface area (Å²) in [5, 5.41) is 14.5. The third-order valence-electron chi connectivity index (χ3n) is 14.4. The smallest absolute Gasteiger partial charge is 0.403 e. The number of imidazole rings is 1.